The van der Waals surface area contributed by atoms with Gasteiger partial charge in [0.25, 0.3) is 0 Å². The van der Waals surface area contributed by atoms with E-state index in [-0.39, 0.29) is 0 Å². The first kappa shape index (κ1) is 19.2. The molecule has 0 aliphatic rings. The third-order valence-electron chi connectivity index (χ3n) is 2.96. The van der Waals surface area contributed by atoms with Crippen molar-refractivity contribution in [2.24, 2.45) is 0 Å². The van der Waals surface area contributed by atoms with E-state index in [2.05, 4.69) is 55.5 Å². The van der Waals surface area contributed by atoms with E-state index in [0.717, 1.165) is 38.0 Å². The standard InChI is InChI=1S/C19H31Cl/c1-2-3-4-5-6-7-8-9-10-11-12-13-14-15-16-17-18-19-20/h6-7,9-10,12-13,15-16H,2-5,8,11,14,17-19H2,1H3. The van der Waals surface area contributed by atoms with E-state index in [4.69, 9.17) is 11.6 Å². The first-order valence-electron chi connectivity index (χ1n) is 8.07. The summed E-state index contributed by atoms with van der Waals surface area (Å²) in [5.41, 5.74) is 0. The summed E-state index contributed by atoms with van der Waals surface area (Å²) in [6.45, 7) is 2.25. The first-order valence-corrected chi connectivity index (χ1v) is 8.61. The van der Waals surface area contributed by atoms with Crippen LogP contribution in [-0.2, 0) is 0 Å². The summed E-state index contributed by atoms with van der Waals surface area (Å²) in [5, 5.41) is 0. The van der Waals surface area contributed by atoms with Gasteiger partial charge in [-0.1, -0.05) is 68.4 Å². The van der Waals surface area contributed by atoms with E-state index < -0.39 is 0 Å². The van der Waals surface area contributed by atoms with Gasteiger partial charge < -0.3 is 0 Å². The molecule has 0 aliphatic carbocycles. The highest BCUT2D eigenvalue weighted by atomic mass is 35.5. The predicted molar refractivity (Wildman–Crippen MR) is 94.5 cm³/mol. The second-order valence-electron chi connectivity index (χ2n) is 4.92. The van der Waals surface area contributed by atoms with Gasteiger partial charge in [-0.3, -0.25) is 0 Å². The van der Waals surface area contributed by atoms with Crippen molar-refractivity contribution in [1.29, 1.82) is 0 Å². The van der Waals surface area contributed by atoms with Crippen LogP contribution in [0.25, 0.3) is 0 Å². The van der Waals surface area contributed by atoms with Gasteiger partial charge in [-0.15, -0.1) is 11.6 Å². The number of rotatable bonds is 13. The fourth-order valence-corrected chi connectivity index (χ4v) is 1.91. The Hall–Kier alpha value is -0.750. The van der Waals surface area contributed by atoms with Gasteiger partial charge in [0.15, 0.2) is 0 Å². The van der Waals surface area contributed by atoms with E-state index >= 15 is 0 Å². The van der Waals surface area contributed by atoms with Crippen molar-refractivity contribution >= 4 is 11.6 Å². The minimum absolute atomic E-state index is 0.762. The van der Waals surface area contributed by atoms with Crippen molar-refractivity contribution in [2.45, 2.75) is 64.7 Å². The maximum Gasteiger partial charge on any atom is 0.0226 e. The van der Waals surface area contributed by atoms with E-state index in [9.17, 15) is 0 Å². The van der Waals surface area contributed by atoms with E-state index in [1.54, 1.807) is 0 Å². The number of hydrogen-bond acceptors (Lipinski definition) is 0. The first-order chi connectivity index (χ1) is 9.91. The van der Waals surface area contributed by atoms with Crippen molar-refractivity contribution in [1.82, 2.24) is 0 Å². The normalized spacial score (nSPS) is 12.7. The molecule has 0 aromatic rings. The topological polar surface area (TPSA) is 0 Å². The Morgan fingerprint density at radius 3 is 1.50 bits per heavy atom. The number of alkyl halides is 1. The maximum atomic E-state index is 5.61. The zero-order valence-electron chi connectivity index (χ0n) is 13.1. The minimum atomic E-state index is 0.762. The minimum Gasteiger partial charge on any atom is -0.127 e. The predicted octanol–water partition coefficient (Wildman–Crippen LogP) is 6.98. The molecule has 0 spiro atoms. The molecular formula is C19H31Cl. The third kappa shape index (κ3) is 17.2. The Kier molecular flexibility index (Phi) is 17.6. The summed E-state index contributed by atoms with van der Waals surface area (Å²) < 4.78 is 0. The largest absolute Gasteiger partial charge is 0.127 e. The average molecular weight is 295 g/mol. The smallest absolute Gasteiger partial charge is 0.0226 e. The molecule has 0 radical (unpaired) electrons. The summed E-state index contributed by atoms with van der Waals surface area (Å²) in [6.07, 6.45) is 28.5. The van der Waals surface area contributed by atoms with Gasteiger partial charge in [0.2, 0.25) is 0 Å². The van der Waals surface area contributed by atoms with Gasteiger partial charge in [-0.25, -0.2) is 0 Å². The molecule has 0 amide bonds. The molecule has 0 nitrogen and oxygen atoms in total. The summed E-state index contributed by atoms with van der Waals surface area (Å²) in [5.74, 6) is 0.762. The molecule has 114 valence electrons. The van der Waals surface area contributed by atoms with Crippen LogP contribution in [0.4, 0.5) is 0 Å². The molecule has 0 aromatic heterocycles. The lowest BCUT2D eigenvalue weighted by molar-refractivity contribution is 0.728. The maximum absolute atomic E-state index is 5.61. The molecular weight excluding hydrogens is 264 g/mol. The number of allylic oxidation sites excluding steroid dienone is 8. The molecule has 0 unspecified atom stereocenters. The Balaban J connectivity index is 3.36. The molecule has 0 saturated carbocycles. The Labute approximate surface area is 131 Å². The summed E-state index contributed by atoms with van der Waals surface area (Å²) in [4.78, 5) is 0. The van der Waals surface area contributed by atoms with Crippen LogP contribution in [0, 0.1) is 0 Å². The monoisotopic (exact) mass is 294 g/mol. The summed E-state index contributed by atoms with van der Waals surface area (Å²) in [6, 6.07) is 0. The van der Waals surface area contributed by atoms with Crippen LogP contribution < -0.4 is 0 Å². The summed E-state index contributed by atoms with van der Waals surface area (Å²) >= 11 is 5.61. The average Bonchev–Trinajstić information content (AvgIpc) is 2.47. The SMILES string of the molecule is CCCCCC=CCC=CCC=CCC=CCCCCl. The quantitative estimate of drug-likeness (QED) is 0.195. The lowest BCUT2D eigenvalue weighted by atomic mass is 10.2. The molecule has 1 heteroatoms. The van der Waals surface area contributed by atoms with Gasteiger partial charge in [0, 0.05) is 5.88 Å². The van der Waals surface area contributed by atoms with E-state index in [1.165, 1.54) is 25.7 Å². The van der Waals surface area contributed by atoms with Gasteiger partial charge in [0.1, 0.15) is 0 Å². The molecule has 0 aromatic carbocycles. The van der Waals surface area contributed by atoms with Crippen molar-refractivity contribution in [2.75, 3.05) is 5.88 Å². The molecule has 0 atom stereocenters. The molecule has 0 N–H and O–H groups in total. The fourth-order valence-electron chi connectivity index (χ4n) is 1.76. The lowest BCUT2D eigenvalue weighted by Crippen LogP contribution is -1.70. The van der Waals surface area contributed by atoms with E-state index in [0.29, 0.717) is 0 Å². The molecule has 0 saturated heterocycles. The highest BCUT2D eigenvalue weighted by Crippen LogP contribution is 2.01. The van der Waals surface area contributed by atoms with Crippen LogP contribution in [0.15, 0.2) is 48.6 Å². The molecule has 0 aliphatic heterocycles. The zero-order chi connectivity index (χ0) is 14.7. The van der Waals surface area contributed by atoms with Gasteiger partial charge in [-0.05, 0) is 44.9 Å². The lowest BCUT2D eigenvalue weighted by Gasteiger charge is -1.90. The van der Waals surface area contributed by atoms with Crippen molar-refractivity contribution in [3.63, 3.8) is 0 Å². The Bertz CT molecular complexity index is 284. The van der Waals surface area contributed by atoms with Gasteiger partial charge in [-0.2, -0.15) is 0 Å². The Morgan fingerprint density at radius 2 is 1.05 bits per heavy atom. The molecule has 0 rings (SSSR count). The van der Waals surface area contributed by atoms with Crippen LogP contribution in [0.1, 0.15) is 64.7 Å². The fraction of sp³-hybridized carbons (Fsp3) is 0.579. The van der Waals surface area contributed by atoms with Crippen LogP contribution >= 0.6 is 11.6 Å². The van der Waals surface area contributed by atoms with E-state index in [1.807, 2.05) is 0 Å². The molecule has 0 fully saturated rings. The van der Waals surface area contributed by atoms with Crippen molar-refractivity contribution < 1.29 is 0 Å². The second-order valence-corrected chi connectivity index (χ2v) is 5.30. The van der Waals surface area contributed by atoms with Gasteiger partial charge >= 0.3 is 0 Å². The number of halogens is 1. The molecule has 0 bridgehead atoms. The van der Waals surface area contributed by atoms with Crippen LogP contribution in [-0.4, -0.2) is 5.88 Å². The van der Waals surface area contributed by atoms with Crippen molar-refractivity contribution in [3.8, 4) is 0 Å². The van der Waals surface area contributed by atoms with Crippen LogP contribution in [0.5, 0.6) is 0 Å². The highest BCUT2D eigenvalue weighted by molar-refractivity contribution is 6.17. The van der Waals surface area contributed by atoms with Crippen LogP contribution in [0.3, 0.4) is 0 Å². The highest BCUT2D eigenvalue weighted by Gasteiger charge is 1.81. The molecule has 0 heterocycles. The van der Waals surface area contributed by atoms with Gasteiger partial charge in [0.05, 0.1) is 0 Å². The van der Waals surface area contributed by atoms with Crippen LogP contribution in [0.2, 0.25) is 0 Å². The third-order valence-corrected chi connectivity index (χ3v) is 3.23. The van der Waals surface area contributed by atoms with Crippen molar-refractivity contribution in [3.05, 3.63) is 48.6 Å². The number of unbranched alkanes of at least 4 members (excludes halogenated alkanes) is 4. The summed E-state index contributed by atoms with van der Waals surface area (Å²) in [7, 11) is 0. The Morgan fingerprint density at radius 1 is 0.600 bits per heavy atom. The molecule has 20 heavy (non-hydrogen) atoms. The zero-order valence-corrected chi connectivity index (χ0v) is 13.8. The number of hydrogen-bond donors (Lipinski definition) is 0. The second kappa shape index (κ2) is 18.2.